The van der Waals surface area contributed by atoms with Crippen molar-refractivity contribution in [2.24, 2.45) is 0 Å². The largest absolute Gasteiger partial charge is 0.336 e. The number of hydrogen-bond donors (Lipinski definition) is 1. The Bertz CT molecular complexity index is 1330. The molecule has 1 aliphatic rings. The Labute approximate surface area is 222 Å². The molecule has 1 N–H and O–H groups in total. The van der Waals surface area contributed by atoms with E-state index in [0.717, 1.165) is 13.1 Å². The van der Waals surface area contributed by atoms with Gasteiger partial charge in [-0.25, -0.2) is 0 Å². The predicted molar refractivity (Wildman–Crippen MR) is 148 cm³/mol. The van der Waals surface area contributed by atoms with Gasteiger partial charge in [-0.05, 0) is 41.5 Å². The van der Waals surface area contributed by atoms with Crippen LogP contribution in [0.2, 0.25) is 5.02 Å². The Hall–Kier alpha value is -3.93. The molecule has 37 heavy (non-hydrogen) atoms. The molecule has 0 saturated carbocycles. The minimum Gasteiger partial charge on any atom is -0.336 e. The molecule has 6 heteroatoms. The van der Waals surface area contributed by atoms with Crippen molar-refractivity contribution in [2.45, 2.75) is 6.04 Å². The molecule has 0 radical (unpaired) electrons. The van der Waals surface area contributed by atoms with E-state index in [1.807, 2.05) is 29.2 Å². The number of piperazine rings is 1. The van der Waals surface area contributed by atoms with Gasteiger partial charge in [0.05, 0.1) is 17.3 Å². The molecule has 1 heterocycles. The van der Waals surface area contributed by atoms with Gasteiger partial charge in [-0.15, -0.1) is 0 Å². The van der Waals surface area contributed by atoms with Gasteiger partial charge in [0.25, 0.3) is 11.8 Å². The molecule has 1 fully saturated rings. The average Bonchev–Trinajstić information content (AvgIpc) is 2.95. The Balaban J connectivity index is 1.30. The number of carbonyl (C=O) groups is 2. The second-order valence-electron chi connectivity index (χ2n) is 9.06. The van der Waals surface area contributed by atoms with E-state index >= 15 is 0 Å². The Morgan fingerprint density at radius 2 is 1.30 bits per heavy atom. The van der Waals surface area contributed by atoms with Crippen LogP contribution in [-0.4, -0.2) is 47.8 Å². The topological polar surface area (TPSA) is 52.7 Å². The number of amides is 2. The van der Waals surface area contributed by atoms with E-state index in [2.05, 4.69) is 58.7 Å². The number of anilines is 1. The summed E-state index contributed by atoms with van der Waals surface area (Å²) < 4.78 is 0. The Morgan fingerprint density at radius 1 is 0.703 bits per heavy atom. The third-order valence-electron chi connectivity index (χ3n) is 6.69. The zero-order valence-electron chi connectivity index (χ0n) is 20.4. The molecule has 1 aliphatic heterocycles. The fraction of sp³-hybridized carbons (Fsp3) is 0.161. The minimum absolute atomic E-state index is 0.0855. The van der Waals surface area contributed by atoms with Gasteiger partial charge in [0.1, 0.15) is 0 Å². The molecule has 0 bridgehead atoms. The van der Waals surface area contributed by atoms with Crippen LogP contribution in [0.5, 0.6) is 0 Å². The fourth-order valence-electron chi connectivity index (χ4n) is 4.84. The van der Waals surface area contributed by atoms with E-state index in [-0.39, 0.29) is 17.9 Å². The van der Waals surface area contributed by atoms with Crippen molar-refractivity contribution >= 4 is 29.1 Å². The molecule has 0 unspecified atom stereocenters. The first-order chi connectivity index (χ1) is 18.1. The summed E-state index contributed by atoms with van der Waals surface area (Å²) in [5, 5.41) is 3.37. The van der Waals surface area contributed by atoms with Crippen molar-refractivity contribution in [3.63, 3.8) is 0 Å². The first-order valence-corrected chi connectivity index (χ1v) is 12.8. The van der Waals surface area contributed by atoms with Crippen LogP contribution in [-0.2, 0) is 0 Å². The molecule has 4 aromatic rings. The number of halogens is 1. The molecular weight excluding hydrogens is 482 g/mol. The summed E-state index contributed by atoms with van der Waals surface area (Å²) in [4.78, 5) is 30.6. The third kappa shape index (κ3) is 5.74. The summed E-state index contributed by atoms with van der Waals surface area (Å²) in [5.41, 5.74) is 3.89. The quantitative estimate of drug-likeness (QED) is 0.339. The predicted octanol–water partition coefficient (Wildman–Crippen LogP) is 6.14. The van der Waals surface area contributed by atoms with E-state index in [9.17, 15) is 9.59 Å². The number of hydrogen-bond acceptors (Lipinski definition) is 3. The summed E-state index contributed by atoms with van der Waals surface area (Å²) in [6.07, 6.45) is 0. The number of nitrogens with zero attached hydrogens (tertiary/aromatic N) is 2. The second-order valence-corrected chi connectivity index (χ2v) is 9.50. The standard InChI is InChI=1S/C31H28ClN3O2/c32-26-15-9-14-25(22-26)30(36)33-28-17-8-7-16-27(28)31(37)35-20-18-34(19-21-35)29(23-10-3-1-4-11-23)24-12-5-2-6-13-24/h1-17,22,29H,18-21H2,(H,33,36). The van der Waals surface area contributed by atoms with Crippen LogP contribution in [0.4, 0.5) is 5.69 Å². The molecular formula is C31H28ClN3O2. The number of rotatable bonds is 6. The van der Waals surface area contributed by atoms with Gasteiger partial charge in [0.15, 0.2) is 0 Å². The Morgan fingerprint density at radius 3 is 1.92 bits per heavy atom. The zero-order chi connectivity index (χ0) is 25.6. The van der Waals surface area contributed by atoms with E-state index < -0.39 is 0 Å². The fourth-order valence-corrected chi connectivity index (χ4v) is 5.03. The maximum Gasteiger partial charge on any atom is 0.256 e. The van der Waals surface area contributed by atoms with Crippen LogP contribution in [0.1, 0.15) is 37.9 Å². The van der Waals surface area contributed by atoms with Crippen LogP contribution < -0.4 is 5.32 Å². The van der Waals surface area contributed by atoms with Gasteiger partial charge in [-0.1, -0.05) is 90.5 Å². The van der Waals surface area contributed by atoms with E-state index in [1.165, 1.54) is 11.1 Å². The number of carbonyl (C=O) groups excluding carboxylic acids is 2. The van der Waals surface area contributed by atoms with E-state index in [1.54, 1.807) is 36.4 Å². The smallest absolute Gasteiger partial charge is 0.256 e. The molecule has 2 amide bonds. The highest BCUT2D eigenvalue weighted by molar-refractivity contribution is 6.31. The zero-order valence-corrected chi connectivity index (χ0v) is 21.1. The van der Waals surface area contributed by atoms with Crippen LogP contribution in [0.15, 0.2) is 109 Å². The molecule has 5 rings (SSSR count). The van der Waals surface area contributed by atoms with Crippen molar-refractivity contribution in [3.8, 4) is 0 Å². The molecule has 5 nitrogen and oxygen atoms in total. The minimum atomic E-state index is -0.305. The highest BCUT2D eigenvalue weighted by Crippen LogP contribution is 2.30. The van der Waals surface area contributed by atoms with Crippen molar-refractivity contribution in [1.29, 1.82) is 0 Å². The Kier molecular flexibility index (Phi) is 7.64. The van der Waals surface area contributed by atoms with E-state index in [4.69, 9.17) is 11.6 Å². The van der Waals surface area contributed by atoms with Gasteiger partial charge in [-0.2, -0.15) is 0 Å². The van der Waals surface area contributed by atoms with Crippen molar-refractivity contribution < 1.29 is 9.59 Å². The molecule has 0 spiro atoms. The number of benzene rings is 4. The lowest BCUT2D eigenvalue weighted by Gasteiger charge is -2.40. The average molecular weight is 510 g/mol. The lowest BCUT2D eigenvalue weighted by atomic mass is 9.96. The SMILES string of the molecule is O=C(Nc1ccccc1C(=O)N1CCN(C(c2ccccc2)c2ccccc2)CC1)c1cccc(Cl)c1. The molecule has 4 aromatic carbocycles. The van der Waals surface area contributed by atoms with Gasteiger partial charge in [0, 0.05) is 36.8 Å². The molecule has 0 aliphatic carbocycles. The van der Waals surface area contributed by atoms with Crippen LogP contribution in [0.25, 0.3) is 0 Å². The van der Waals surface area contributed by atoms with Crippen LogP contribution >= 0.6 is 11.6 Å². The third-order valence-corrected chi connectivity index (χ3v) is 6.92. The maximum atomic E-state index is 13.5. The van der Waals surface area contributed by atoms with Crippen LogP contribution in [0.3, 0.4) is 0 Å². The summed E-state index contributed by atoms with van der Waals surface area (Å²) >= 11 is 6.04. The lowest BCUT2D eigenvalue weighted by Crippen LogP contribution is -2.50. The molecule has 0 aromatic heterocycles. The van der Waals surface area contributed by atoms with Crippen molar-refractivity contribution in [3.05, 3.63) is 136 Å². The molecule has 186 valence electrons. The normalized spacial score (nSPS) is 13.9. The van der Waals surface area contributed by atoms with Gasteiger partial charge < -0.3 is 10.2 Å². The summed E-state index contributed by atoms with van der Waals surface area (Å²) in [6, 6.07) is 35.0. The maximum absolute atomic E-state index is 13.5. The number of nitrogens with one attached hydrogen (secondary N) is 1. The molecule has 0 atom stereocenters. The van der Waals surface area contributed by atoms with E-state index in [0.29, 0.717) is 34.9 Å². The van der Waals surface area contributed by atoms with Gasteiger partial charge >= 0.3 is 0 Å². The first-order valence-electron chi connectivity index (χ1n) is 12.4. The summed E-state index contributed by atoms with van der Waals surface area (Å²) in [7, 11) is 0. The highest BCUT2D eigenvalue weighted by Gasteiger charge is 2.29. The van der Waals surface area contributed by atoms with Crippen molar-refractivity contribution in [2.75, 3.05) is 31.5 Å². The van der Waals surface area contributed by atoms with Crippen LogP contribution in [0, 0.1) is 0 Å². The van der Waals surface area contributed by atoms with Gasteiger partial charge in [-0.3, -0.25) is 14.5 Å². The number of para-hydroxylation sites is 1. The summed E-state index contributed by atoms with van der Waals surface area (Å²) in [6.45, 7) is 2.70. The van der Waals surface area contributed by atoms with Gasteiger partial charge in [0.2, 0.25) is 0 Å². The summed E-state index contributed by atoms with van der Waals surface area (Å²) in [5.74, 6) is -0.390. The monoisotopic (exact) mass is 509 g/mol. The second kappa shape index (κ2) is 11.4. The molecule has 1 saturated heterocycles. The lowest BCUT2D eigenvalue weighted by molar-refractivity contribution is 0.0598. The van der Waals surface area contributed by atoms with Crippen molar-refractivity contribution in [1.82, 2.24) is 9.80 Å². The first kappa shape index (κ1) is 24.8. The highest BCUT2D eigenvalue weighted by atomic mass is 35.5.